The van der Waals surface area contributed by atoms with E-state index in [-0.39, 0.29) is 11.9 Å². The van der Waals surface area contributed by atoms with Gasteiger partial charge < -0.3 is 9.84 Å². The molecule has 3 fully saturated rings. The Balaban J connectivity index is 1.43. The Morgan fingerprint density at radius 3 is 2.69 bits per heavy atom. The number of hydrogen-bond acceptors (Lipinski definition) is 4. The summed E-state index contributed by atoms with van der Waals surface area (Å²) in [6, 6.07) is 8.36. The summed E-state index contributed by atoms with van der Waals surface area (Å²) in [6.07, 6.45) is 0.924. The zero-order valence-corrected chi connectivity index (χ0v) is 19.2. The van der Waals surface area contributed by atoms with Crippen molar-refractivity contribution < 1.29 is 32.2 Å². The molecule has 0 bridgehead atoms. The molecular formula is C27H27F4NO3. The molecule has 8 heteroatoms. The standard InChI is InChI=1S/C27H27F4NO3/c1-15-24-21(25(33)35-15)13-20-22(6-3-7-23(20)28)26(24,34)11-10-19-9-8-17(14-32-19)16-4-2-5-18(12-16)27(29,30)31/h2,4-5,8-12,14-15,20-24,34H,3,6-7,13H2,1H3/t15-,20?,21?,22?,23?,24?,26?/m1/s1. The number of alkyl halides is 4. The number of carbonyl (C=O) groups is 1. The first-order valence-electron chi connectivity index (χ1n) is 12.0. The second kappa shape index (κ2) is 8.73. The minimum Gasteiger partial charge on any atom is -0.462 e. The van der Waals surface area contributed by atoms with E-state index < -0.39 is 47.4 Å². The summed E-state index contributed by atoms with van der Waals surface area (Å²) >= 11 is 0. The van der Waals surface area contributed by atoms with Gasteiger partial charge in [0.25, 0.3) is 0 Å². The monoisotopic (exact) mass is 489 g/mol. The van der Waals surface area contributed by atoms with Crippen LogP contribution < -0.4 is 0 Å². The summed E-state index contributed by atoms with van der Waals surface area (Å²) in [4.78, 5) is 16.8. The van der Waals surface area contributed by atoms with Crippen molar-refractivity contribution in [3.63, 3.8) is 0 Å². The first-order valence-corrected chi connectivity index (χ1v) is 12.0. The summed E-state index contributed by atoms with van der Waals surface area (Å²) in [6.45, 7) is 1.76. The number of rotatable bonds is 3. The fraction of sp³-hybridized carbons (Fsp3) is 0.481. The van der Waals surface area contributed by atoms with Crippen molar-refractivity contribution in [1.29, 1.82) is 0 Å². The molecule has 2 heterocycles. The van der Waals surface area contributed by atoms with Crippen LogP contribution in [0.4, 0.5) is 17.6 Å². The molecule has 0 radical (unpaired) electrons. The zero-order valence-electron chi connectivity index (χ0n) is 19.2. The number of aliphatic hydroxyl groups is 1. The maximum absolute atomic E-state index is 14.8. The van der Waals surface area contributed by atoms with Gasteiger partial charge in [0.1, 0.15) is 12.3 Å². The third-order valence-corrected chi connectivity index (χ3v) is 8.01. The molecule has 1 aromatic heterocycles. The Hall–Kier alpha value is -2.74. The first kappa shape index (κ1) is 24.0. The van der Waals surface area contributed by atoms with E-state index >= 15 is 0 Å². The molecule has 6 unspecified atom stereocenters. The van der Waals surface area contributed by atoms with Crippen LogP contribution in [0.2, 0.25) is 0 Å². The van der Waals surface area contributed by atoms with Crippen molar-refractivity contribution in [1.82, 2.24) is 4.98 Å². The lowest BCUT2D eigenvalue weighted by Gasteiger charge is -2.52. The molecule has 186 valence electrons. The predicted octanol–water partition coefficient (Wildman–Crippen LogP) is 5.85. The number of ether oxygens (including phenoxy) is 1. The Kier molecular flexibility index (Phi) is 5.98. The number of nitrogens with zero attached hydrogens (tertiary/aromatic N) is 1. The van der Waals surface area contributed by atoms with Crippen molar-refractivity contribution in [2.75, 3.05) is 0 Å². The molecule has 2 aromatic rings. The molecule has 0 spiro atoms. The fourth-order valence-electron chi connectivity index (χ4n) is 6.40. The van der Waals surface area contributed by atoms with Crippen LogP contribution in [-0.4, -0.2) is 33.9 Å². The molecule has 2 saturated carbocycles. The van der Waals surface area contributed by atoms with Gasteiger partial charge in [-0.15, -0.1) is 0 Å². The fourth-order valence-corrected chi connectivity index (χ4v) is 6.40. The van der Waals surface area contributed by atoms with E-state index in [4.69, 9.17) is 4.74 Å². The lowest BCUT2D eigenvalue weighted by molar-refractivity contribution is -0.148. The molecule has 0 amide bonds. The minimum absolute atomic E-state index is 0.329. The number of esters is 1. The summed E-state index contributed by atoms with van der Waals surface area (Å²) in [7, 11) is 0. The third kappa shape index (κ3) is 4.26. The van der Waals surface area contributed by atoms with Crippen LogP contribution in [-0.2, 0) is 15.7 Å². The average Bonchev–Trinajstić information content (AvgIpc) is 3.12. The van der Waals surface area contributed by atoms with Gasteiger partial charge in [-0.2, -0.15) is 13.2 Å². The molecule has 3 aliphatic rings. The van der Waals surface area contributed by atoms with E-state index in [9.17, 15) is 27.5 Å². The quantitative estimate of drug-likeness (QED) is 0.434. The van der Waals surface area contributed by atoms with Crippen LogP contribution in [0.25, 0.3) is 17.2 Å². The number of hydrogen-bond donors (Lipinski definition) is 1. The van der Waals surface area contributed by atoms with Crippen molar-refractivity contribution in [3.8, 4) is 11.1 Å². The topological polar surface area (TPSA) is 59.4 Å². The molecule has 1 aromatic carbocycles. The molecule has 5 rings (SSSR count). The number of aromatic nitrogens is 1. The second-order valence-corrected chi connectivity index (χ2v) is 10.00. The van der Waals surface area contributed by atoms with Gasteiger partial charge in [-0.1, -0.05) is 30.7 Å². The Morgan fingerprint density at radius 1 is 1.17 bits per heavy atom. The molecule has 2 aliphatic carbocycles. The van der Waals surface area contributed by atoms with Crippen LogP contribution in [0.1, 0.15) is 43.9 Å². The zero-order chi connectivity index (χ0) is 25.0. The number of carbonyl (C=O) groups excluding carboxylic acids is 1. The smallest absolute Gasteiger partial charge is 0.416 e. The van der Waals surface area contributed by atoms with Crippen molar-refractivity contribution in [2.45, 2.75) is 56.7 Å². The highest BCUT2D eigenvalue weighted by molar-refractivity contribution is 5.76. The van der Waals surface area contributed by atoms with Gasteiger partial charge in [0.05, 0.1) is 22.8 Å². The van der Waals surface area contributed by atoms with E-state index in [1.54, 1.807) is 37.3 Å². The maximum Gasteiger partial charge on any atom is 0.416 e. The molecule has 7 atom stereocenters. The van der Waals surface area contributed by atoms with E-state index in [0.717, 1.165) is 12.1 Å². The normalized spacial score (nSPS) is 35.0. The molecule has 1 N–H and O–H groups in total. The number of halogens is 4. The number of pyridine rings is 1. The number of fused-ring (bicyclic) bond motifs is 2. The van der Waals surface area contributed by atoms with Crippen LogP contribution in [0, 0.1) is 23.7 Å². The van der Waals surface area contributed by atoms with Gasteiger partial charge in [-0.05, 0) is 67.9 Å². The molecular weight excluding hydrogens is 462 g/mol. The van der Waals surface area contributed by atoms with Gasteiger partial charge in [-0.3, -0.25) is 9.78 Å². The highest BCUT2D eigenvalue weighted by Gasteiger charge is 2.62. The summed E-state index contributed by atoms with van der Waals surface area (Å²) in [5.74, 6) is -2.14. The largest absolute Gasteiger partial charge is 0.462 e. The second-order valence-electron chi connectivity index (χ2n) is 10.00. The van der Waals surface area contributed by atoms with E-state index in [1.165, 1.54) is 12.3 Å². The maximum atomic E-state index is 14.8. The summed E-state index contributed by atoms with van der Waals surface area (Å²) in [5.41, 5.74) is -0.737. The van der Waals surface area contributed by atoms with Gasteiger partial charge in [-0.25, -0.2) is 4.39 Å². The molecule has 1 aliphatic heterocycles. The van der Waals surface area contributed by atoms with Crippen molar-refractivity contribution >= 4 is 12.0 Å². The van der Waals surface area contributed by atoms with Gasteiger partial charge >= 0.3 is 12.1 Å². The van der Waals surface area contributed by atoms with Crippen LogP contribution in [0.3, 0.4) is 0 Å². The van der Waals surface area contributed by atoms with E-state index in [2.05, 4.69) is 4.98 Å². The van der Waals surface area contributed by atoms with E-state index in [1.807, 2.05) is 0 Å². The highest BCUT2D eigenvalue weighted by Crippen LogP contribution is 2.56. The van der Waals surface area contributed by atoms with Gasteiger partial charge in [0.15, 0.2) is 0 Å². The van der Waals surface area contributed by atoms with Crippen LogP contribution >= 0.6 is 0 Å². The first-order chi connectivity index (χ1) is 16.6. The van der Waals surface area contributed by atoms with Crippen molar-refractivity contribution in [2.24, 2.45) is 23.7 Å². The van der Waals surface area contributed by atoms with Crippen molar-refractivity contribution in [3.05, 3.63) is 59.9 Å². The molecule has 4 nitrogen and oxygen atoms in total. The Labute approximate surface area is 201 Å². The lowest BCUT2D eigenvalue weighted by Crippen LogP contribution is -2.58. The van der Waals surface area contributed by atoms with Crippen LogP contribution in [0.15, 0.2) is 48.7 Å². The Morgan fingerprint density at radius 2 is 1.97 bits per heavy atom. The van der Waals surface area contributed by atoms with Crippen LogP contribution in [0.5, 0.6) is 0 Å². The Bertz CT molecular complexity index is 1130. The summed E-state index contributed by atoms with van der Waals surface area (Å²) in [5, 5.41) is 11.9. The minimum atomic E-state index is -4.43. The highest BCUT2D eigenvalue weighted by atomic mass is 19.4. The SMILES string of the molecule is C[C@H]1OC(=O)C2CC3C(F)CCCC3C(O)(C=Cc3ccc(-c4cccc(C(F)(F)F)c4)cn3)C21. The van der Waals surface area contributed by atoms with Gasteiger partial charge in [0.2, 0.25) is 0 Å². The van der Waals surface area contributed by atoms with Gasteiger partial charge in [0, 0.05) is 17.7 Å². The molecule has 35 heavy (non-hydrogen) atoms. The predicted molar refractivity (Wildman–Crippen MR) is 122 cm³/mol. The third-order valence-electron chi connectivity index (χ3n) is 8.01. The summed E-state index contributed by atoms with van der Waals surface area (Å²) < 4.78 is 59.4. The number of cyclic esters (lactones) is 1. The number of benzene rings is 1. The average molecular weight is 490 g/mol. The van der Waals surface area contributed by atoms with E-state index in [0.29, 0.717) is 42.5 Å². The lowest BCUT2D eigenvalue weighted by atomic mass is 9.54. The molecule has 1 saturated heterocycles.